The molecule has 6 heteroatoms. The average Bonchev–Trinajstić information content (AvgIpc) is 2.24. The van der Waals surface area contributed by atoms with Crippen molar-refractivity contribution >= 4 is 12.0 Å². The fourth-order valence-electron chi connectivity index (χ4n) is 1.22. The Kier molecular flexibility index (Phi) is 3.77. The molecule has 0 aliphatic carbocycles. The molecule has 0 atom stereocenters. The van der Waals surface area contributed by atoms with Crippen LogP contribution in [0.25, 0.3) is 6.08 Å². The Labute approximate surface area is 95.1 Å². The van der Waals surface area contributed by atoms with Crippen LogP contribution in [-0.4, -0.2) is 18.2 Å². The van der Waals surface area contributed by atoms with Crippen molar-refractivity contribution in [3.8, 4) is 5.75 Å². The molecule has 0 saturated carbocycles. The number of rotatable bonds is 3. The van der Waals surface area contributed by atoms with Crippen molar-refractivity contribution in [2.45, 2.75) is 6.18 Å². The van der Waals surface area contributed by atoms with Crippen molar-refractivity contribution in [1.29, 1.82) is 0 Å². The van der Waals surface area contributed by atoms with Crippen LogP contribution in [0.5, 0.6) is 5.75 Å². The summed E-state index contributed by atoms with van der Waals surface area (Å²) in [6.45, 7) is 0. The van der Waals surface area contributed by atoms with Gasteiger partial charge in [0, 0.05) is 6.08 Å². The number of carbonyl (C=O) groups is 1. The standard InChI is InChI=1S/C11H9F3O3/c1-17-9-4-2-7(3-5-10(15)16)6-8(9)11(12,13)14/h2-6H,1H3,(H,15,16)/b5-3+. The lowest BCUT2D eigenvalue weighted by Gasteiger charge is -2.12. The molecule has 1 rings (SSSR count). The summed E-state index contributed by atoms with van der Waals surface area (Å²) in [6.07, 6.45) is -2.70. The van der Waals surface area contributed by atoms with Crippen molar-refractivity contribution in [2.75, 3.05) is 7.11 Å². The third-order valence-electron chi connectivity index (χ3n) is 1.95. The molecular formula is C11H9F3O3. The molecule has 3 nitrogen and oxygen atoms in total. The number of methoxy groups -OCH3 is 1. The molecule has 17 heavy (non-hydrogen) atoms. The number of hydrogen-bond donors (Lipinski definition) is 1. The zero-order chi connectivity index (χ0) is 13.1. The minimum absolute atomic E-state index is 0.139. The van der Waals surface area contributed by atoms with Crippen LogP contribution in [0.3, 0.4) is 0 Å². The van der Waals surface area contributed by atoms with Crippen LogP contribution in [0.1, 0.15) is 11.1 Å². The van der Waals surface area contributed by atoms with Crippen molar-refractivity contribution in [1.82, 2.24) is 0 Å². The van der Waals surface area contributed by atoms with E-state index in [1.54, 1.807) is 0 Å². The van der Waals surface area contributed by atoms with Gasteiger partial charge in [-0.1, -0.05) is 6.07 Å². The first-order chi connectivity index (χ1) is 7.84. The Bertz CT molecular complexity index is 450. The molecule has 0 aliphatic heterocycles. The van der Waals surface area contributed by atoms with E-state index < -0.39 is 17.7 Å². The van der Waals surface area contributed by atoms with E-state index in [-0.39, 0.29) is 11.3 Å². The highest BCUT2D eigenvalue weighted by atomic mass is 19.4. The molecule has 0 saturated heterocycles. The van der Waals surface area contributed by atoms with Gasteiger partial charge in [0.25, 0.3) is 0 Å². The van der Waals surface area contributed by atoms with E-state index in [1.165, 1.54) is 6.07 Å². The van der Waals surface area contributed by atoms with Gasteiger partial charge in [0.05, 0.1) is 12.7 Å². The predicted molar refractivity (Wildman–Crippen MR) is 54.7 cm³/mol. The predicted octanol–water partition coefficient (Wildman–Crippen LogP) is 2.81. The molecule has 1 N–H and O–H groups in total. The van der Waals surface area contributed by atoms with Crippen LogP contribution in [0.2, 0.25) is 0 Å². The number of alkyl halides is 3. The number of carboxylic acids is 1. The van der Waals surface area contributed by atoms with Gasteiger partial charge in [-0.05, 0) is 23.8 Å². The number of halogens is 3. The van der Waals surface area contributed by atoms with Gasteiger partial charge in [-0.25, -0.2) is 4.79 Å². The van der Waals surface area contributed by atoms with Crippen molar-refractivity contribution in [3.63, 3.8) is 0 Å². The lowest BCUT2D eigenvalue weighted by molar-refractivity contribution is -0.138. The van der Waals surface area contributed by atoms with Crippen LogP contribution in [0.15, 0.2) is 24.3 Å². The first kappa shape index (κ1) is 13.1. The molecule has 1 aromatic rings. The van der Waals surface area contributed by atoms with Crippen LogP contribution in [0.4, 0.5) is 13.2 Å². The Morgan fingerprint density at radius 1 is 1.41 bits per heavy atom. The van der Waals surface area contributed by atoms with Crippen LogP contribution in [0, 0.1) is 0 Å². The van der Waals surface area contributed by atoms with E-state index in [9.17, 15) is 18.0 Å². The molecule has 0 heterocycles. The Morgan fingerprint density at radius 3 is 2.53 bits per heavy atom. The summed E-state index contributed by atoms with van der Waals surface area (Å²) in [6, 6.07) is 3.32. The molecule has 0 amide bonds. The third-order valence-corrected chi connectivity index (χ3v) is 1.95. The first-order valence-corrected chi connectivity index (χ1v) is 4.51. The Balaban J connectivity index is 3.18. The summed E-state index contributed by atoms with van der Waals surface area (Å²) >= 11 is 0. The highest BCUT2D eigenvalue weighted by molar-refractivity contribution is 5.85. The second-order valence-electron chi connectivity index (χ2n) is 3.13. The molecule has 0 radical (unpaired) electrons. The third kappa shape index (κ3) is 3.51. The normalized spacial score (nSPS) is 11.8. The maximum Gasteiger partial charge on any atom is 0.419 e. The Hall–Kier alpha value is -1.98. The maximum absolute atomic E-state index is 12.6. The van der Waals surface area contributed by atoms with Gasteiger partial charge in [0.1, 0.15) is 5.75 Å². The first-order valence-electron chi connectivity index (χ1n) is 4.51. The van der Waals surface area contributed by atoms with E-state index in [4.69, 9.17) is 5.11 Å². The lowest BCUT2D eigenvalue weighted by Crippen LogP contribution is -2.07. The molecule has 0 fully saturated rings. The lowest BCUT2D eigenvalue weighted by atomic mass is 10.1. The van der Waals surface area contributed by atoms with E-state index in [2.05, 4.69) is 4.74 Å². The molecule has 0 aromatic heterocycles. The molecule has 92 valence electrons. The summed E-state index contributed by atoms with van der Waals surface area (Å²) in [5, 5.41) is 8.37. The van der Waals surface area contributed by atoms with Gasteiger partial charge in [0.15, 0.2) is 0 Å². The van der Waals surface area contributed by atoms with Gasteiger partial charge < -0.3 is 9.84 Å². The highest BCUT2D eigenvalue weighted by Crippen LogP contribution is 2.36. The van der Waals surface area contributed by atoms with Gasteiger partial charge in [-0.3, -0.25) is 0 Å². The molecule has 0 unspecified atom stereocenters. The van der Waals surface area contributed by atoms with E-state index in [0.29, 0.717) is 0 Å². The van der Waals surface area contributed by atoms with Crippen molar-refractivity contribution < 1.29 is 27.8 Å². The zero-order valence-electron chi connectivity index (χ0n) is 8.78. The minimum atomic E-state index is -4.54. The summed E-state index contributed by atoms with van der Waals surface area (Å²) < 4.78 is 42.4. The quantitative estimate of drug-likeness (QED) is 0.834. The average molecular weight is 246 g/mol. The number of ether oxygens (including phenoxy) is 1. The van der Waals surface area contributed by atoms with Gasteiger partial charge in [-0.15, -0.1) is 0 Å². The van der Waals surface area contributed by atoms with Crippen LogP contribution >= 0.6 is 0 Å². The number of aliphatic carboxylic acids is 1. The fraction of sp³-hybridized carbons (Fsp3) is 0.182. The van der Waals surface area contributed by atoms with Crippen LogP contribution in [-0.2, 0) is 11.0 Å². The smallest absolute Gasteiger partial charge is 0.419 e. The summed E-state index contributed by atoms with van der Waals surface area (Å²) in [4.78, 5) is 10.2. The van der Waals surface area contributed by atoms with Gasteiger partial charge in [-0.2, -0.15) is 13.2 Å². The number of hydrogen-bond acceptors (Lipinski definition) is 2. The fourth-order valence-corrected chi connectivity index (χ4v) is 1.22. The zero-order valence-corrected chi connectivity index (χ0v) is 8.78. The summed E-state index contributed by atoms with van der Waals surface area (Å²) in [5.74, 6) is -1.53. The van der Waals surface area contributed by atoms with E-state index >= 15 is 0 Å². The summed E-state index contributed by atoms with van der Waals surface area (Å²) in [5.41, 5.74) is -0.798. The minimum Gasteiger partial charge on any atom is -0.496 e. The number of benzene rings is 1. The topological polar surface area (TPSA) is 46.5 Å². The SMILES string of the molecule is COc1ccc(/C=C/C(=O)O)cc1C(F)(F)F. The van der Waals surface area contributed by atoms with Crippen molar-refractivity contribution in [2.24, 2.45) is 0 Å². The highest BCUT2D eigenvalue weighted by Gasteiger charge is 2.34. The number of carboxylic acid groups (broad SMARTS) is 1. The second kappa shape index (κ2) is 4.90. The van der Waals surface area contributed by atoms with E-state index in [1.807, 2.05) is 0 Å². The molecule has 1 aromatic carbocycles. The molecule has 0 spiro atoms. The van der Waals surface area contributed by atoms with E-state index in [0.717, 1.165) is 31.4 Å². The summed E-state index contributed by atoms with van der Waals surface area (Å²) in [7, 11) is 1.14. The molecule has 0 aliphatic rings. The second-order valence-corrected chi connectivity index (χ2v) is 3.13. The van der Waals surface area contributed by atoms with Crippen molar-refractivity contribution in [3.05, 3.63) is 35.4 Å². The van der Waals surface area contributed by atoms with Gasteiger partial charge >= 0.3 is 12.1 Å². The molecular weight excluding hydrogens is 237 g/mol. The maximum atomic E-state index is 12.6. The van der Waals surface area contributed by atoms with Gasteiger partial charge in [0.2, 0.25) is 0 Å². The molecule has 0 bridgehead atoms. The monoisotopic (exact) mass is 246 g/mol. The largest absolute Gasteiger partial charge is 0.496 e. The van der Waals surface area contributed by atoms with Crippen LogP contribution < -0.4 is 4.74 Å². The Morgan fingerprint density at radius 2 is 2.06 bits per heavy atom.